The van der Waals surface area contributed by atoms with Crippen LogP contribution in [0.25, 0.3) is 0 Å². The summed E-state index contributed by atoms with van der Waals surface area (Å²) in [5.74, 6) is -0.514. The lowest BCUT2D eigenvalue weighted by Crippen LogP contribution is -2.56. The first kappa shape index (κ1) is 18.4. The smallest absolute Gasteiger partial charge is 0.242 e. The maximum Gasteiger partial charge on any atom is 0.242 e. The van der Waals surface area contributed by atoms with Gasteiger partial charge in [0.2, 0.25) is 17.7 Å². The molecular weight excluding hydrogens is 366 g/mol. The third-order valence-corrected chi connectivity index (χ3v) is 7.17. The number of rotatable bonds is 3. The summed E-state index contributed by atoms with van der Waals surface area (Å²) < 4.78 is 0. The topological polar surface area (TPSA) is 60.9 Å². The molecule has 5 atom stereocenters. The fraction of sp³-hybridized carbons (Fsp3) is 0.522. The second-order valence-electron chi connectivity index (χ2n) is 8.98. The first-order valence-corrected chi connectivity index (χ1v) is 10.6. The van der Waals surface area contributed by atoms with Crippen LogP contribution in [0.1, 0.15) is 18.9 Å². The Balaban J connectivity index is 1.24. The molecule has 6 nitrogen and oxygen atoms in total. The van der Waals surface area contributed by atoms with E-state index in [1.54, 1.807) is 4.90 Å². The number of carbonyl (C=O) groups excluding carboxylic acids is 3. The Morgan fingerprint density at radius 1 is 1.07 bits per heavy atom. The number of likely N-dealkylation sites (tertiary alicyclic amines) is 1. The number of piperazine rings is 1. The van der Waals surface area contributed by atoms with Crippen LogP contribution < -0.4 is 4.90 Å². The van der Waals surface area contributed by atoms with Crippen LogP contribution in [-0.2, 0) is 14.4 Å². The summed E-state index contributed by atoms with van der Waals surface area (Å²) in [6, 6.07) is 8.58. The molecule has 2 aliphatic heterocycles. The molecule has 0 radical (unpaired) electrons. The van der Waals surface area contributed by atoms with Crippen LogP contribution >= 0.6 is 0 Å². The van der Waals surface area contributed by atoms with Crippen LogP contribution in [0, 0.1) is 30.6 Å². The van der Waals surface area contributed by atoms with E-state index in [9.17, 15) is 14.4 Å². The van der Waals surface area contributed by atoms with Gasteiger partial charge < -0.3 is 9.80 Å². The first-order valence-electron chi connectivity index (χ1n) is 10.6. The minimum Gasteiger partial charge on any atom is -0.365 e. The molecule has 2 bridgehead atoms. The molecule has 5 rings (SSSR count). The van der Waals surface area contributed by atoms with Gasteiger partial charge in [-0.25, -0.2) is 0 Å². The lowest BCUT2D eigenvalue weighted by molar-refractivity contribution is -0.147. The van der Waals surface area contributed by atoms with Gasteiger partial charge in [-0.2, -0.15) is 0 Å². The van der Waals surface area contributed by atoms with Crippen LogP contribution in [0.3, 0.4) is 0 Å². The van der Waals surface area contributed by atoms with Crippen molar-refractivity contribution in [2.75, 3.05) is 31.1 Å². The predicted octanol–water partition coefficient (Wildman–Crippen LogP) is 1.84. The summed E-state index contributed by atoms with van der Waals surface area (Å²) in [6.45, 7) is 6.03. The summed E-state index contributed by atoms with van der Waals surface area (Å²) in [6.07, 6.45) is 5.07. The van der Waals surface area contributed by atoms with Gasteiger partial charge in [-0.15, -0.1) is 0 Å². The van der Waals surface area contributed by atoms with Crippen molar-refractivity contribution in [2.45, 2.75) is 26.3 Å². The lowest BCUT2D eigenvalue weighted by Gasteiger charge is -2.41. The average molecular weight is 393 g/mol. The predicted molar refractivity (Wildman–Crippen MR) is 109 cm³/mol. The normalized spacial score (nSPS) is 33.0. The maximum atomic E-state index is 12.9. The van der Waals surface area contributed by atoms with Crippen molar-refractivity contribution in [1.82, 2.24) is 9.80 Å². The number of fused-ring (bicyclic) bond motifs is 5. The zero-order valence-electron chi connectivity index (χ0n) is 17.0. The number of hydrogen-bond donors (Lipinski definition) is 0. The number of carbonyl (C=O) groups is 3. The SMILES string of the molecule is Cc1cccc(N2CCN(C(=O)CN3C(=O)[C@H]4[C@H](C3=O)[C@H]3C=C[C@H]4C3)C[C@H]2C)c1. The summed E-state index contributed by atoms with van der Waals surface area (Å²) in [5.41, 5.74) is 2.39. The quantitative estimate of drug-likeness (QED) is 0.581. The van der Waals surface area contributed by atoms with E-state index in [1.807, 2.05) is 0 Å². The molecule has 0 aromatic heterocycles. The van der Waals surface area contributed by atoms with Crippen LogP contribution in [0.5, 0.6) is 0 Å². The van der Waals surface area contributed by atoms with Crippen LogP contribution in [-0.4, -0.2) is 59.7 Å². The van der Waals surface area contributed by atoms with Crippen LogP contribution in [0.4, 0.5) is 5.69 Å². The van der Waals surface area contributed by atoms with E-state index in [2.05, 4.69) is 55.2 Å². The maximum absolute atomic E-state index is 12.9. The molecule has 4 aliphatic rings. The van der Waals surface area contributed by atoms with E-state index in [-0.39, 0.29) is 54.0 Å². The molecule has 1 aromatic rings. The second kappa shape index (κ2) is 6.71. The molecule has 0 unspecified atom stereocenters. The van der Waals surface area contributed by atoms with E-state index < -0.39 is 0 Å². The van der Waals surface area contributed by atoms with Crippen LogP contribution in [0.15, 0.2) is 36.4 Å². The highest BCUT2D eigenvalue weighted by molar-refractivity contribution is 6.08. The van der Waals surface area contributed by atoms with E-state index in [4.69, 9.17) is 0 Å². The van der Waals surface area contributed by atoms with Gasteiger partial charge in [0.05, 0.1) is 11.8 Å². The molecule has 1 aromatic carbocycles. The van der Waals surface area contributed by atoms with Crippen molar-refractivity contribution in [3.8, 4) is 0 Å². The lowest BCUT2D eigenvalue weighted by atomic mass is 9.85. The zero-order valence-corrected chi connectivity index (χ0v) is 17.0. The number of allylic oxidation sites excluding steroid dienone is 2. The Bertz CT molecular complexity index is 880. The number of hydrogen-bond acceptors (Lipinski definition) is 4. The molecule has 2 saturated heterocycles. The largest absolute Gasteiger partial charge is 0.365 e. The van der Waals surface area contributed by atoms with Crippen molar-refractivity contribution in [1.29, 1.82) is 0 Å². The van der Waals surface area contributed by atoms with Gasteiger partial charge in [-0.3, -0.25) is 19.3 Å². The van der Waals surface area contributed by atoms with Crippen molar-refractivity contribution in [3.05, 3.63) is 42.0 Å². The summed E-state index contributed by atoms with van der Waals surface area (Å²) in [7, 11) is 0. The Hall–Kier alpha value is -2.63. The Morgan fingerprint density at radius 2 is 1.76 bits per heavy atom. The highest BCUT2D eigenvalue weighted by Gasteiger charge is 2.59. The van der Waals surface area contributed by atoms with Crippen molar-refractivity contribution < 1.29 is 14.4 Å². The molecule has 3 fully saturated rings. The van der Waals surface area contributed by atoms with Crippen LogP contribution in [0.2, 0.25) is 0 Å². The van der Waals surface area contributed by atoms with Gasteiger partial charge >= 0.3 is 0 Å². The second-order valence-corrected chi connectivity index (χ2v) is 8.98. The molecule has 2 aliphatic carbocycles. The molecule has 29 heavy (non-hydrogen) atoms. The Labute approximate surface area is 171 Å². The number of amides is 3. The molecule has 3 amide bonds. The summed E-state index contributed by atoms with van der Waals surface area (Å²) in [4.78, 5) is 44.0. The molecular formula is C23H27N3O3. The third kappa shape index (κ3) is 2.88. The molecule has 2 heterocycles. The standard InChI is InChI=1S/C23H27N3O3/c1-14-4-3-5-18(10-14)25-9-8-24(12-15(25)2)19(27)13-26-22(28)20-16-6-7-17(11-16)21(20)23(26)29/h3-7,10,15-17,20-21H,8-9,11-13H2,1-2H3/t15-,16+,17+,20-,21-/m1/s1. The Kier molecular flexibility index (Phi) is 4.26. The molecule has 0 spiro atoms. The average Bonchev–Trinajstić information content (AvgIpc) is 3.38. The first-order chi connectivity index (χ1) is 13.9. The van der Waals surface area contributed by atoms with Gasteiger partial charge in [0, 0.05) is 31.4 Å². The highest BCUT2D eigenvalue weighted by Crippen LogP contribution is 2.52. The number of imide groups is 1. The fourth-order valence-corrected chi connectivity index (χ4v) is 5.73. The summed E-state index contributed by atoms with van der Waals surface area (Å²) >= 11 is 0. The van der Waals surface area contributed by atoms with E-state index in [0.717, 1.165) is 13.0 Å². The zero-order chi connectivity index (χ0) is 20.3. The van der Waals surface area contributed by atoms with Crippen molar-refractivity contribution in [3.63, 3.8) is 0 Å². The molecule has 1 saturated carbocycles. The van der Waals surface area contributed by atoms with Crippen molar-refractivity contribution >= 4 is 23.4 Å². The number of nitrogens with zero attached hydrogens (tertiary/aromatic N) is 3. The minimum absolute atomic E-state index is 0.110. The fourth-order valence-electron chi connectivity index (χ4n) is 5.73. The van der Waals surface area contributed by atoms with Gasteiger partial charge in [0.25, 0.3) is 0 Å². The van der Waals surface area contributed by atoms with Gasteiger partial charge in [-0.05, 0) is 49.8 Å². The minimum atomic E-state index is -0.234. The van der Waals surface area contributed by atoms with E-state index in [1.165, 1.54) is 16.2 Å². The monoisotopic (exact) mass is 393 g/mol. The van der Waals surface area contributed by atoms with E-state index >= 15 is 0 Å². The summed E-state index contributed by atoms with van der Waals surface area (Å²) in [5, 5.41) is 0. The number of aryl methyl sites for hydroxylation is 1. The third-order valence-electron chi connectivity index (χ3n) is 7.17. The van der Waals surface area contributed by atoms with Crippen molar-refractivity contribution in [2.24, 2.45) is 23.7 Å². The van der Waals surface area contributed by atoms with E-state index in [0.29, 0.717) is 13.1 Å². The number of anilines is 1. The molecule has 6 heteroatoms. The molecule has 0 N–H and O–H groups in total. The van der Waals surface area contributed by atoms with Gasteiger partial charge in [0.15, 0.2) is 0 Å². The number of benzene rings is 1. The highest BCUT2D eigenvalue weighted by atomic mass is 16.2. The van der Waals surface area contributed by atoms with Gasteiger partial charge in [0.1, 0.15) is 6.54 Å². The Morgan fingerprint density at radius 3 is 2.38 bits per heavy atom. The van der Waals surface area contributed by atoms with Gasteiger partial charge in [-0.1, -0.05) is 24.3 Å². The molecule has 152 valence electrons.